The van der Waals surface area contributed by atoms with Gasteiger partial charge in [0, 0.05) is 16.2 Å². The van der Waals surface area contributed by atoms with Gasteiger partial charge in [0.1, 0.15) is 4.90 Å². The molecule has 1 aromatic carbocycles. The van der Waals surface area contributed by atoms with Gasteiger partial charge in [-0.1, -0.05) is 0 Å². The van der Waals surface area contributed by atoms with Crippen molar-refractivity contribution in [1.82, 2.24) is 0 Å². The molecule has 0 radical (unpaired) electrons. The van der Waals surface area contributed by atoms with Crippen LogP contribution in [0.5, 0.6) is 5.75 Å². The fourth-order valence-corrected chi connectivity index (χ4v) is 2.58. The molecule has 0 N–H and O–H groups in total. The summed E-state index contributed by atoms with van der Waals surface area (Å²) in [6, 6.07) is 2.08. The molecule has 0 saturated carbocycles. The Bertz CT molecular complexity index is 665. The summed E-state index contributed by atoms with van der Waals surface area (Å²) in [4.78, 5) is -1.52. The molecule has 0 aliphatic rings. The number of alkyl halides is 5. The SMILES string of the molecule is N#Cc1cc(OC(F)(F)F)c(S(=O)(=O)Cl)c(C(F)F)c1. The third kappa shape index (κ3) is 3.94. The van der Waals surface area contributed by atoms with Gasteiger partial charge in [0.25, 0.3) is 15.5 Å². The van der Waals surface area contributed by atoms with Crippen molar-refractivity contribution in [3.05, 3.63) is 23.3 Å². The highest BCUT2D eigenvalue weighted by atomic mass is 35.7. The van der Waals surface area contributed by atoms with Crippen LogP contribution in [0.15, 0.2) is 17.0 Å². The van der Waals surface area contributed by atoms with Crippen LogP contribution in [0.2, 0.25) is 0 Å². The second kappa shape index (κ2) is 5.41. The zero-order chi connectivity index (χ0) is 15.7. The summed E-state index contributed by atoms with van der Waals surface area (Å²) in [6.07, 6.45) is -8.81. The summed E-state index contributed by atoms with van der Waals surface area (Å²) in [5.41, 5.74) is -1.98. The van der Waals surface area contributed by atoms with E-state index in [0.717, 1.165) is 0 Å². The maximum atomic E-state index is 12.7. The van der Waals surface area contributed by atoms with Gasteiger partial charge >= 0.3 is 6.36 Å². The summed E-state index contributed by atoms with van der Waals surface area (Å²) < 4.78 is 87.6. The van der Waals surface area contributed by atoms with Crippen LogP contribution in [0, 0.1) is 11.3 Å². The quantitative estimate of drug-likeness (QED) is 0.627. The molecular formula is C9H3ClF5NO3S. The number of hydrogen-bond acceptors (Lipinski definition) is 4. The molecule has 11 heteroatoms. The lowest BCUT2D eigenvalue weighted by molar-refractivity contribution is -0.275. The van der Waals surface area contributed by atoms with E-state index >= 15 is 0 Å². The van der Waals surface area contributed by atoms with Gasteiger partial charge in [-0.25, -0.2) is 17.2 Å². The topological polar surface area (TPSA) is 67.2 Å². The lowest BCUT2D eigenvalue weighted by Gasteiger charge is -2.15. The van der Waals surface area contributed by atoms with Gasteiger partial charge in [0.2, 0.25) is 0 Å². The molecule has 0 aliphatic carbocycles. The molecule has 0 aliphatic heterocycles. The van der Waals surface area contributed by atoms with E-state index in [9.17, 15) is 30.4 Å². The minimum absolute atomic E-state index is 0.356. The zero-order valence-electron chi connectivity index (χ0n) is 9.08. The molecule has 0 atom stereocenters. The molecule has 20 heavy (non-hydrogen) atoms. The smallest absolute Gasteiger partial charge is 0.404 e. The number of benzene rings is 1. The third-order valence-electron chi connectivity index (χ3n) is 1.92. The van der Waals surface area contributed by atoms with Gasteiger partial charge in [-0.05, 0) is 12.1 Å². The summed E-state index contributed by atoms with van der Waals surface area (Å²) in [7, 11) is -0.103. The standard InChI is InChI=1S/C9H3ClF5NO3S/c10-20(17,18)7-5(8(11)12)1-4(3-16)2-6(7)19-9(13,14)15/h1-2,8H. The van der Waals surface area contributed by atoms with Crippen molar-refractivity contribution in [3.63, 3.8) is 0 Å². The minimum Gasteiger partial charge on any atom is -0.404 e. The molecule has 0 spiro atoms. The molecule has 0 fully saturated rings. The molecular weight excluding hydrogens is 333 g/mol. The first-order valence-corrected chi connectivity index (χ1v) is 6.83. The van der Waals surface area contributed by atoms with Crippen molar-refractivity contribution in [1.29, 1.82) is 5.26 Å². The van der Waals surface area contributed by atoms with Crippen molar-refractivity contribution >= 4 is 19.7 Å². The molecule has 0 amide bonds. The Hall–Kier alpha value is -1.60. The van der Waals surface area contributed by atoms with Crippen LogP contribution in [0.3, 0.4) is 0 Å². The lowest BCUT2D eigenvalue weighted by Crippen LogP contribution is -2.19. The van der Waals surface area contributed by atoms with E-state index in [2.05, 4.69) is 4.74 Å². The van der Waals surface area contributed by atoms with Gasteiger partial charge in [-0.2, -0.15) is 5.26 Å². The molecule has 0 unspecified atom stereocenters. The number of nitriles is 1. The zero-order valence-corrected chi connectivity index (χ0v) is 10.7. The Morgan fingerprint density at radius 2 is 1.85 bits per heavy atom. The first kappa shape index (κ1) is 16.5. The van der Waals surface area contributed by atoms with Crippen LogP contribution in [-0.2, 0) is 9.05 Å². The highest BCUT2D eigenvalue weighted by molar-refractivity contribution is 8.13. The number of ether oxygens (including phenoxy) is 1. The van der Waals surface area contributed by atoms with Crippen LogP contribution < -0.4 is 4.74 Å². The van der Waals surface area contributed by atoms with E-state index in [-0.39, 0.29) is 0 Å². The highest BCUT2D eigenvalue weighted by Crippen LogP contribution is 2.39. The molecule has 0 bridgehead atoms. The molecule has 110 valence electrons. The summed E-state index contributed by atoms with van der Waals surface area (Å²) in [6.45, 7) is 0. The van der Waals surface area contributed by atoms with Gasteiger partial charge in [0.15, 0.2) is 5.75 Å². The molecule has 0 aromatic heterocycles. The Balaban J connectivity index is 3.71. The fraction of sp³-hybridized carbons (Fsp3) is 0.222. The van der Waals surface area contributed by atoms with E-state index in [1.165, 1.54) is 6.07 Å². The van der Waals surface area contributed by atoms with Gasteiger partial charge in [0.05, 0.1) is 11.6 Å². The molecule has 0 heterocycles. The highest BCUT2D eigenvalue weighted by Gasteiger charge is 2.36. The summed E-state index contributed by atoms with van der Waals surface area (Å²) in [5, 5.41) is 8.55. The number of rotatable bonds is 3. The lowest BCUT2D eigenvalue weighted by atomic mass is 10.1. The number of nitrogens with zero attached hydrogens (tertiary/aromatic N) is 1. The van der Waals surface area contributed by atoms with E-state index in [1.807, 2.05) is 0 Å². The van der Waals surface area contributed by atoms with Crippen LogP contribution in [0.25, 0.3) is 0 Å². The first-order valence-electron chi connectivity index (χ1n) is 4.52. The van der Waals surface area contributed by atoms with Crippen LogP contribution >= 0.6 is 10.7 Å². The second-order valence-corrected chi connectivity index (χ2v) is 5.79. The number of halogens is 6. The van der Waals surface area contributed by atoms with Crippen LogP contribution in [0.1, 0.15) is 17.6 Å². The van der Waals surface area contributed by atoms with E-state index < -0.39 is 43.6 Å². The Morgan fingerprint density at radius 1 is 1.30 bits per heavy atom. The fourth-order valence-electron chi connectivity index (χ4n) is 1.31. The first-order chi connectivity index (χ1) is 8.95. The van der Waals surface area contributed by atoms with Crippen LogP contribution in [0.4, 0.5) is 22.0 Å². The molecule has 1 aromatic rings. The minimum atomic E-state index is -5.34. The summed E-state index contributed by atoms with van der Waals surface area (Å²) in [5.74, 6) is -1.48. The van der Waals surface area contributed by atoms with E-state index in [0.29, 0.717) is 12.1 Å². The third-order valence-corrected chi connectivity index (χ3v) is 3.30. The largest absolute Gasteiger partial charge is 0.573 e. The Morgan fingerprint density at radius 3 is 2.20 bits per heavy atom. The summed E-state index contributed by atoms with van der Waals surface area (Å²) >= 11 is 0. The van der Waals surface area contributed by atoms with Crippen molar-refractivity contribution in [3.8, 4) is 11.8 Å². The maximum Gasteiger partial charge on any atom is 0.573 e. The molecule has 0 saturated heterocycles. The van der Waals surface area contributed by atoms with Gasteiger partial charge < -0.3 is 4.74 Å². The van der Waals surface area contributed by atoms with E-state index in [1.54, 1.807) is 0 Å². The average Bonchev–Trinajstić information content (AvgIpc) is 2.23. The van der Waals surface area contributed by atoms with Crippen molar-refractivity contribution in [2.45, 2.75) is 17.7 Å². The Labute approximate surface area is 113 Å². The normalized spacial score (nSPS) is 12.3. The van der Waals surface area contributed by atoms with E-state index in [4.69, 9.17) is 15.9 Å². The van der Waals surface area contributed by atoms with Gasteiger partial charge in [-0.15, -0.1) is 13.2 Å². The number of hydrogen-bond donors (Lipinski definition) is 0. The van der Waals surface area contributed by atoms with Crippen molar-refractivity contribution < 1.29 is 35.1 Å². The van der Waals surface area contributed by atoms with Crippen molar-refractivity contribution in [2.24, 2.45) is 0 Å². The predicted molar refractivity (Wildman–Crippen MR) is 55.8 cm³/mol. The maximum absolute atomic E-state index is 12.7. The van der Waals surface area contributed by atoms with Crippen LogP contribution in [-0.4, -0.2) is 14.8 Å². The average molecular weight is 336 g/mol. The monoisotopic (exact) mass is 335 g/mol. The second-order valence-electron chi connectivity index (χ2n) is 3.29. The molecule has 4 nitrogen and oxygen atoms in total. The Kier molecular flexibility index (Phi) is 4.45. The predicted octanol–water partition coefficient (Wildman–Crippen LogP) is 3.32. The molecule has 1 rings (SSSR count). The van der Waals surface area contributed by atoms with Gasteiger partial charge in [-0.3, -0.25) is 0 Å². The van der Waals surface area contributed by atoms with Crippen molar-refractivity contribution in [2.75, 3.05) is 0 Å².